The van der Waals surface area contributed by atoms with Gasteiger partial charge < -0.3 is 10.5 Å². The molecule has 0 fully saturated rings. The molecule has 0 bridgehead atoms. The van der Waals surface area contributed by atoms with Crippen molar-refractivity contribution in [2.45, 2.75) is 5.92 Å². The van der Waals surface area contributed by atoms with E-state index in [4.69, 9.17) is 15.5 Å². The summed E-state index contributed by atoms with van der Waals surface area (Å²) in [7, 11) is 1.66. The maximum absolute atomic E-state index is 6.17. The molecule has 2 heterocycles. The third-order valence-electron chi connectivity index (χ3n) is 3.93. The molecule has 4 rings (SSSR count). The van der Waals surface area contributed by atoms with Gasteiger partial charge in [0.25, 0.3) is 0 Å². The molecule has 2 N–H and O–H groups in total. The van der Waals surface area contributed by atoms with E-state index in [2.05, 4.69) is 11.2 Å². The number of hydrogen-bond donors (Lipinski definition) is 1. The number of para-hydroxylation sites is 1. The third kappa shape index (κ3) is 2.51. The second-order valence-electron chi connectivity index (χ2n) is 5.38. The van der Waals surface area contributed by atoms with E-state index in [1.54, 1.807) is 18.4 Å². The molecule has 5 nitrogen and oxygen atoms in total. The zero-order valence-corrected chi connectivity index (χ0v) is 13.5. The lowest BCUT2D eigenvalue weighted by molar-refractivity contribution is 0.415. The topological polar surface area (TPSA) is 63.7 Å². The van der Waals surface area contributed by atoms with Crippen LogP contribution in [0.3, 0.4) is 0 Å². The van der Waals surface area contributed by atoms with E-state index in [0.717, 1.165) is 22.0 Å². The molecule has 1 atom stereocenters. The molecular formula is C17H16N4OS. The number of methoxy groups -OCH3 is 1. The van der Waals surface area contributed by atoms with E-state index in [1.165, 1.54) is 4.70 Å². The van der Waals surface area contributed by atoms with Gasteiger partial charge in [-0.05, 0) is 36.4 Å². The Morgan fingerprint density at radius 3 is 2.70 bits per heavy atom. The lowest BCUT2D eigenvalue weighted by atomic mass is 10.1. The Morgan fingerprint density at radius 2 is 1.96 bits per heavy atom. The van der Waals surface area contributed by atoms with Gasteiger partial charge >= 0.3 is 0 Å². The van der Waals surface area contributed by atoms with Crippen molar-refractivity contribution in [2.75, 3.05) is 18.7 Å². The number of amidine groups is 1. The number of ether oxygens (including phenoxy) is 1. The van der Waals surface area contributed by atoms with Gasteiger partial charge in [0.15, 0.2) is 0 Å². The largest absolute Gasteiger partial charge is 0.497 e. The molecule has 116 valence electrons. The normalized spacial score (nSPS) is 17.5. The number of thiazole rings is 1. The van der Waals surface area contributed by atoms with E-state index >= 15 is 0 Å². The summed E-state index contributed by atoms with van der Waals surface area (Å²) in [5.41, 5.74) is 8.18. The molecule has 3 aromatic rings. The predicted molar refractivity (Wildman–Crippen MR) is 94.3 cm³/mol. The second-order valence-corrected chi connectivity index (χ2v) is 6.44. The monoisotopic (exact) mass is 324 g/mol. The fourth-order valence-electron chi connectivity index (χ4n) is 2.68. The van der Waals surface area contributed by atoms with E-state index in [9.17, 15) is 0 Å². The Labute approximate surface area is 138 Å². The highest BCUT2D eigenvalue weighted by molar-refractivity contribution is 7.18. The van der Waals surface area contributed by atoms with Crippen molar-refractivity contribution < 1.29 is 4.74 Å². The number of fused-ring (bicyclic) bond motifs is 1. The molecule has 0 saturated carbocycles. The van der Waals surface area contributed by atoms with Crippen LogP contribution < -0.4 is 15.5 Å². The van der Waals surface area contributed by atoms with Crippen LogP contribution in [0.25, 0.3) is 10.2 Å². The van der Waals surface area contributed by atoms with Crippen LogP contribution in [0, 0.1) is 0 Å². The zero-order chi connectivity index (χ0) is 15.8. The lowest BCUT2D eigenvalue weighted by Crippen LogP contribution is -2.21. The summed E-state index contributed by atoms with van der Waals surface area (Å²) in [5, 5.41) is 7.44. The van der Waals surface area contributed by atoms with E-state index in [0.29, 0.717) is 12.4 Å². The molecule has 2 aromatic carbocycles. The summed E-state index contributed by atoms with van der Waals surface area (Å²) >= 11 is 1.68. The average molecular weight is 324 g/mol. The molecule has 0 spiro atoms. The molecule has 1 aromatic heterocycles. The van der Waals surface area contributed by atoms with Crippen LogP contribution in [-0.4, -0.2) is 24.5 Å². The Bertz CT molecular complexity index is 839. The SMILES string of the molecule is COc1ccc(N2CC(c3nc4ccccc4s3)C(N)=N2)cc1. The minimum atomic E-state index is 0.0366. The van der Waals surface area contributed by atoms with Crippen LogP contribution in [0.1, 0.15) is 10.9 Å². The molecule has 1 aliphatic rings. The molecule has 23 heavy (non-hydrogen) atoms. The van der Waals surface area contributed by atoms with Crippen LogP contribution in [0.2, 0.25) is 0 Å². The van der Waals surface area contributed by atoms with Crippen molar-refractivity contribution in [3.63, 3.8) is 0 Å². The van der Waals surface area contributed by atoms with Gasteiger partial charge in [-0.15, -0.1) is 11.3 Å². The van der Waals surface area contributed by atoms with Gasteiger partial charge in [0.1, 0.15) is 16.6 Å². The fraction of sp³-hybridized carbons (Fsp3) is 0.176. The quantitative estimate of drug-likeness (QED) is 0.804. The van der Waals surface area contributed by atoms with Crippen LogP contribution >= 0.6 is 11.3 Å². The lowest BCUT2D eigenvalue weighted by Gasteiger charge is -2.15. The highest BCUT2D eigenvalue weighted by atomic mass is 32.1. The van der Waals surface area contributed by atoms with Crippen molar-refractivity contribution >= 4 is 33.1 Å². The van der Waals surface area contributed by atoms with Crippen molar-refractivity contribution in [3.8, 4) is 5.75 Å². The number of aromatic nitrogens is 1. The molecule has 1 aliphatic heterocycles. The van der Waals surface area contributed by atoms with Crippen LogP contribution in [-0.2, 0) is 0 Å². The first kappa shape index (κ1) is 14.0. The Kier molecular flexibility index (Phi) is 3.38. The van der Waals surface area contributed by atoms with E-state index in [-0.39, 0.29) is 5.92 Å². The van der Waals surface area contributed by atoms with Gasteiger partial charge in [0.2, 0.25) is 0 Å². The van der Waals surface area contributed by atoms with Gasteiger partial charge in [-0.2, -0.15) is 5.10 Å². The number of anilines is 1. The minimum Gasteiger partial charge on any atom is -0.497 e. The summed E-state index contributed by atoms with van der Waals surface area (Å²) in [5.74, 6) is 1.47. The van der Waals surface area contributed by atoms with Gasteiger partial charge in [0.05, 0.1) is 35.5 Å². The van der Waals surface area contributed by atoms with Gasteiger partial charge in [-0.1, -0.05) is 12.1 Å². The van der Waals surface area contributed by atoms with Gasteiger partial charge in [0, 0.05) is 0 Å². The maximum Gasteiger partial charge on any atom is 0.132 e. The van der Waals surface area contributed by atoms with E-state index in [1.807, 2.05) is 47.5 Å². The number of hydrogen-bond acceptors (Lipinski definition) is 6. The minimum absolute atomic E-state index is 0.0366. The first-order valence-electron chi connectivity index (χ1n) is 7.35. The summed E-state index contributed by atoms with van der Waals surface area (Å²) < 4.78 is 6.37. The fourth-order valence-corrected chi connectivity index (χ4v) is 3.75. The van der Waals surface area contributed by atoms with Crippen LogP contribution in [0.4, 0.5) is 5.69 Å². The summed E-state index contributed by atoms with van der Waals surface area (Å²) in [6, 6.07) is 15.9. The van der Waals surface area contributed by atoms with Crippen molar-refractivity contribution in [1.82, 2.24) is 4.98 Å². The first-order valence-corrected chi connectivity index (χ1v) is 8.17. The number of rotatable bonds is 3. The number of benzene rings is 2. The van der Waals surface area contributed by atoms with Crippen molar-refractivity contribution in [3.05, 3.63) is 53.5 Å². The Morgan fingerprint density at radius 1 is 1.17 bits per heavy atom. The molecular weight excluding hydrogens is 308 g/mol. The molecule has 0 saturated heterocycles. The van der Waals surface area contributed by atoms with Crippen molar-refractivity contribution in [1.29, 1.82) is 0 Å². The molecule has 0 amide bonds. The Hall–Kier alpha value is -2.60. The number of nitrogens with zero attached hydrogens (tertiary/aromatic N) is 3. The average Bonchev–Trinajstić information content (AvgIpc) is 3.18. The second kappa shape index (κ2) is 5.55. The highest BCUT2D eigenvalue weighted by Crippen LogP contribution is 2.33. The highest BCUT2D eigenvalue weighted by Gasteiger charge is 2.29. The van der Waals surface area contributed by atoms with Crippen LogP contribution in [0.5, 0.6) is 5.75 Å². The maximum atomic E-state index is 6.17. The number of hydrazone groups is 1. The van der Waals surface area contributed by atoms with Crippen molar-refractivity contribution in [2.24, 2.45) is 10.8 Å². The summed E-state index contributed by atoms with van der Waals surface area (Å²) in [4.78, 5) is 4.71. The first-order chi connectivity index (χ1) is 11.2. The summed E-state index contributed by atoms with van der Waals surface area (Å²) in [6.45, 7) is 0.706. The molecule has 0 radical (unpaired) electrons. The molecule has 0 aliphatic carbocycles. The number of nitrogens with two attached hydrogens (primary N) is 1. The third-order valence-corrected chi connectivity index (χ3v) is 5.08. The van der Waals surface area contributed by atoms with Gasteiger partial charge in [-0.3, -0.25) is 5.01 Å². The van der Waals surface area contributed by atoms with Crippen LogP contribution in [0.15, 0.2) is 53.6 Å². The predicted octanol–water partition coefficient (Wildman–Crippen LogP) is 3.18. The standard InChI is InChI=1S/C17H16N4OS/c1-22-12-8-6-11(7-9-12)21-10-13(16(18)20-21)17-19-14-4-2-3-5-15(14)23-17/h2-9,13H,10H2,1H3,(H2,18,20). The summed E-state index contributed by atoms with van der Waals surface area (Å²) in [6.07, 6.45) is 0. The zero-order valence-electron chi connectivity index (χ0n) is 12.6. The molecule has 1 unspecified atom stereocenters. The van der Waals surface area contributed by atoms with E-state index < -0.39 is 0 Å². The smallest absolute Gasteiger partial charge is 0.132 e. The Balaban J connectivity index is 1.61. The van der Waals surface area contributed by atoms with Gasteiger partial charge in [-0.25, -0.2) is 4.98 Å². The molecule has 6 heteroatoms.